The van der Waals surface area contributed by atoms with Gasteiger partial charge in [-0.2, -0.15) is 0 Å². The zero-order valence-electron chi connectivity index (χ0n) is 5.56. The first kappa shape index (κ1) is 9.80. The average molecular weight is 151 g/mol. The first-order chi connectivity index (χ1) is 4.70. The Morgan fingerprint density at radius 1 is 1.20 bits per heavy atom. The Kier molecular flexibility index (Phi) is 5.46. The molecule has 0 aromatic rings. The Morgan fingerprint density at radius 2 is 1.80 bits per heavy atom. The molecule has 0 heterocycles. The van der Waals surface area contributed by atoms with Crippen molar-refractivity contribution in [2.75, 3.05) is 13.3 Å². The summed E-state index contributed by atoms with van der Waals surface area (Å²) < 4.78 is 0. The number of aliphatic hydroxyl groups excluding tert-OH is 4. The number of hydrogen-bond donors (Lipinski definition) is 5. The smallest absolute Gasteiger partial charge is 0.109 e. The van der Waals surface area contributed by atoms with Gasteiger partial charge in [-0.25, -0.2) is 0 Å². The second-order valence-electron chi connectivity index (χ2n) is 1.95. The molecule has 0 bridgehead atoms. The van der Waals surface area contributed by atoms with Crippen LogP contribution in [0.15, 0.2) is 0 Å². The van der Waals surface area contributed by atoms with Crippen LogP contribution in [0.4, 0.5) is 0 Å². The lowest BCUT2D eigenvalue weighted by Crippen LogP contribution is -2.34. The molecule has 0 aromatic carbocycles. The van der Waals surface area contributed by atoms with Gasteiger partial charge in [0.2, 0.25) is 0 Å². The number of aliphatic hydroxyl groups is 4. The fourth-order valence-electron chi connectivity index (χ4n) is 0.521. The summed E-state index contributed by atoms with van der Waals surface area (Å²) in [5.41, 5.74) is 0. The molecule has 5 N–H and O–H groups in total. The van der Waals surface area contributed by atoms with E-state index in [0.717, 1.165) is 0 Å². The molecule has 0 aliphatic carbocycles. The van der Waals surface area contributed by atoms with E-state index >= 15 is 0 Å². The lowest BCUT2D eigenvalue weighted by Gasteiger charge is -2.13. The Bertz CT molecular complexity index is 80.0. The Labute approximate surface area is 58.9 Å². The number of nitrogens with one attached hydrogen (secondary N) is 1. The molecule has 0 radical (unpaired) electrons. The summed E-state index contributed by atoms with van der Waals surface area (Å²) in [6.45, 7) is -0.733. The highest BCUT2D eigenvalue weighted by Crippen LogP contribution is 1.93. The zero-order valence-corrected chi connectivity index (χ0v) is 5.56. The normalized spacial score (nSPS) is 16.8. The lowest BCUT2D eigenvalue weighted by molar-refractivity contribution is 0.0181. The summed E-state index contributed by atoms with van der Waals surface area (Å²) >= 11 is 0. The van der Waals surface area contributed by atoms with Crippen LogP contribution >= 0.6 is 0 Å². The molecule has 62 valence electrons. The SMILES string of the molecule is OCNC(O)CC(O)CO. The van der Waals surface area contributed by atoms with E-state index in [9.17, 15) is 0 Å². The van der Waals surface area contributed by atoms with E-state index < -0.39 is 12.3 Å². The van der Waals surface area contributed by atoms with Crippen LogP contribution in [0, 0.1) is 0 Å². The van der Waals surface area contributed by atoms with E-state index in [1.54, 1.807) is 0 Å². The van der Waals surface area contributed by atoms with E-state index in [0.29, 0.717) is 0 Å². The summed E-state index contributed by atoms with van der Waals surface area (Å²) in [5.74, 6) is 0. The molecule has 0 saturated carbocycles. The first-order valence-electron chi connectivity index (χ1n) is 3.02. The predicted molar refractivity (Wildman–Crippen MR) is 33.9 cm³/mol. The van der Waals surface area contributed by atoms with E-state index in [4.69, 9.17) is 20.4 Å². The van der Waals surface area contributed by atoms with E-state index in [2.05, 4.69) is 5.32 Å². The molecule has 0 saturated heterocycles. The maximum Gasteiger partial charge on any atom is 0.109 e. The average Bonchev–Trinajstić information content (AvgIpc) is 1.88. The van der Waals surface area contributed by atoms with Gasteiger partial charge in [0.05, 0.1) is 19.4 Å². The molecule has 0 amide bonds. The van der Waals surface area contributed by atoms with Crippen molar-refractivity contribution in [3.05, 3.63) is 0 Å². The Balaban J connectivity index is 3.27. The molecule has 0 fully saturated rings. The number of rotatable bonds is 5. The fourth-order valence-corrected chi connectivity index (χ4v) is 0.521. The van der Waals surface area contributed by atoms with Crippen molar-refractivity contribution in [3.8, 4) is 0 Å². The topological polar surface area (TPSA) is 93.0 Å². The maximum atomic E-state index is 8.81. The van der Waals surface area contributed by atoms with Gasteiger partial charge in [0.1, 0.15) is 6.23 Å². The second kappa shape index (κ2) is 5.57. The van der Waals surface area contributed by atoms with E-state index in [1.807, 2.05) is 0 Å². The molecule has 0 aliphatic rings. The van der Waals surface area contributed by atoms with Crippen LogP contribution in [-0.4, -0.2) is 46.1 Å². The molecule has 0 aliphatic heterocycles. The molecule has 0 rings (SSSR count). The van der Waals surface area contributed by atoms with Crippen LogP contribution in [-0.2, 0) is 0 Å². The van der Waals surface area contributed by atoms with Gasteiger partial charge in [-0.15, -0.1) is 0 Å². The minimum absolute atomic E-state index is 0.0110. The first-order valence-corrected chi connectivity index (χ1v) is 3.02. The van der Waals surface area contributed by atoms with Crippen LogP contribution in [0.2, 0.25) is 0 Å². The third kappa shape index (κ3) is 4.66. The van der Waals surface area contributed by atoms with E-state index in [-0.39, 0.29) is 19.8 Å². The summed E-state index contributed by atoms with van der Waals surface area (Å²) in [6.07, 6.45) is -1.89. The van der Waals surface area contributed by atoms with Crippen molar-refractivity contribution in [1.82, 2.24) is 5.32 Å². The predicted octanol–water partition coefficient (Wildman–Crippen LogP) is -2.41. The van der Waals surface area contributed by atoms with Crippen molar-refractivity contribution in [1.29, 1.82) is 0 Å². The molecule has 5 nitrogen and oxygen atoms in total. The van der Waals surface area contributed by atoms with Gasteiger partial charge in [0.15, 0.2) is 0 Å². The molecule has 10 heavy (non-hydrogen) atoms. The summed E-state index contributed by atoms with van der Waals surface area (Å²) in [4.78, 5) is 0. The van der Waals surface area contributed by atoms with Crippen molar-refractivity contribution in [2.45, 2.75) is 18.8 Å². The second-order valence-corrected chi connectivity index (χ2v) is 1.95. The minimum Gasteiger partial charge on any atom is -0.394 e. The summed E-state index contributed by atoms with van der Waals surface area (Å²) in [6, 6.07) is 0. The Morgan fingerprint density at radius 3 is 2.20 bits per heavy atom. The van der Waals surface area contributed by atoms with Crippen LogP contribution in [0.1, 0.15) is 6.42 Å². The maximum absolute atomic E-state index is 8.81. The van der Waals surface area contributed by atoms with Crippen molar-refractivity contribution in [3.63, 3.8) is 0 Å². The van der Waals surface area contributed by atoms with Gasteiger partial charge in [-0.3, -0.25) is 5.32 Å². The van der Waals surface area contributed by atoms with Gasteiger partial charge in [0, 0.05) is 6.42 Å². The van der Waals surface area contributed by atoms with Crippen LogP contribution < -0.4 is 5.32 Å². The molecule has 2 unspecified atom stereocenters. The van der Waals surface area contributed by atoms with Crippen molar-refractivity contribution >= 4 is 0 Å². The molecular weight excluding hydrogens is 138 g/mol. The fraction of sp³-hybridized carbons (Fsp3) is 1.00. The molecule has 5 heteroatoms. The summed E-state index contributed by atoms with van der Waals surface area (Å²) in [5, 5.41) is 36.3. The van der Waals surface area contributed by atoms with Gasteiger partial charge >= 0.3 is 0 Å². The zero-order chi connectivity index (χ0) is 7.98. The Hall–Kier alpha value is -0.200. The van der Waals surface area contributed by atoms with Crippen LogP contribution in [0.25, 0.3) is 0 Å². The van der Waals surface area contributed by atoms with Crippen molar-refractivity contribution < 1.29 is 20.4 Å². The summed E-state index contributed by atoms with van der Waals surface area (Å²) in [7, 11) is 0. The molecule has 0 spiro atoms. The third-order valence-corrected chi connectivity index (χ3v) is 1.03. The van der Waals surface area contributed by atoms with Crippen molar-refractivity contribution in [2.24, 2.45) is 0 Å². The standard InChI is InChI=1S/C5H13NO4/c7-2-4(9)1-5(10)6-3-8/h4-10H,1-3H2. The highest BCUT2D eigenvalue weighted by molar-refractivity contribution is 4.58. The number of hydrogen-bond acceptors (Lipinski definition) is 5. The van der Waals surface area contributed by atoms with Gasteiger partial charge < -0.3 is 20.4 Å². The quantitative estimate of drug-likeness (QED) is 0.282. The third-order valence-electron chi connectivity index (χ3n) is 1.03. The van der Waals surface area contributed by atoms with Gasteiger partial charge in [-0.1, -0.05) is 0 Å². The van der Waals surface area contributed by atoms with Crippen LogP contribution in [0.3, 0.4) is 0 Å². The lowest BCUT2D eigenvalue weighted by atomic mass is 10.2. The van der Waals surface area contributed by atoms with Gasteiger partial charge in [0.25, 0.3) is 0 Å². The minimum atomic E-state index is -0.966. The molecular formula is C5H13NO4. The highest BCUT2D eigenvalue weighted by Gasteiger charge is 2.08. The van der Waals surface area contributed by atoms with Gasteiger partial charge in [-0.05, 0) is 0 Å². The molecule has 2 atom stereocenters. The van der Waals surface area contributed by atoms with E-state index in [1.165, 1.54) is 0 Å². The highest BCUT2D eigenvalue weighted by atomic mass is 16.3. The molecule has 0 aromatic heterocycles. The van der Waals surface area contributed by atoms with Crippen LogP contribution in [0.5, 0.6) is 0 Å². The largest absolute Gasteiger partial charge is 0.394 e. The monoisotopic (exact) mass is 151 g/mol.